The van der Waals surface area contributed by atoms with Gasteiger partial charge in [0.1, 0.15) is 0 Å². The second-order valence-corrected chi connectivity index (χ2v) is 7.68. The third-order valence-electron chi connectivity index (χ3n) is 4.12. The molecule has 0 amide bonds. The van der Waals surface area contributed by atoms with Gasteiger partial charge in [-0.05, 0) is 55.5 Å². The Bertz CT molecular complexity index is 648. The fourth-order valence-electron chi connectivity index (χ4n) is 3.05. The molecule has 112 valence electrons. The van der Waals surface area contributed by atoms with Gasteiger partial charge in [-0.15, -0.1) is 11.3 Å². The van der Waals surface area contributed by atoms with Gasteiger partial charge >= 0.3 is 0 Å². The highest BCUT2D eigenvalue weighted by molar-refractivity contribution is 7.16. The van der Waals surface area contributed by atoms with E-state index in [1.165, 1.54) is 46.6 Å². The van der Waals surface area contributed by atoms with E-state index in [1.807, 2.05) is 0 Å². The van der Waals surface area contributed by atoms with E-state index in [1.54, 1.807) is 11.3 Å². The van der Waals surface area contributed by atoms with E-state index >= 15 is 0 Å². The molecule has 0 saturated heterocycles. The zero-order chi connectivity index (χ0) is 15.0. The number of aryl methyl sites for hydroxylation is 2. The van der Waals surface area contributed by atoms with Crippen molar-refractivity contribution in [2.24, 2.45) is 0 Å². The molecular weight excluding hydrogens is 300 g/mol. The van der Waals surface area contributed by atoms with Crippen LogP contribution in [0.2, 0.25) is 4.34 Å². The lowest BCUT2D eigenvalue weighted by molar-refractivity contribution is 0.609. The molecule has 3 rings (SSSR count). The third kappa shape index (κ3) is 3.04. The van der Waals surface area contributed by atoms with Crippen molar-refractivity contribution in [2.45, 2.75) is 32.2 Å². The Kier molecular flexibility index (Phi) is 4.14. The Hall–Kier alpha value is -1.19. The van der Waals surface area contributed by atoms with Crippen LogP contribution in [0.1, 0.15) is 34.9 Å². The summed E-state index contributed by atoms with van der Waals surface area (Å²) in [5.41, 5.74) is 5.14. The lowest BCUT2D eigenvalue weighted by Crippen LogP contribution is -2.16. The van der Waals surface area contributed by atoms with Gasteiger partial charge in [0.15, 0.2) is 0 Å². The zero-order valence-electron chi connectivity index (χ0n) is 12.7. The first kappa shape index (κ1) is 14.7. The molecule has 0 spiro atoms. The van der Waals surface area contributed by atoms with Gasteiger partial charge < -0.3 is 10.2 Å². The van der Waals surface area contributed by atoms with Crippen molar-refractivity contribution in [2.75, 3.05) is 24.3 Å². The molecule has 2 aromatic rings. The molecule has 21 heavy (non-hydrogen) atoms. The molecule has 1 unspecified atom stereocenters. The molecule has 1 aromatic carbocycles. The van der Waals surface area contributed by atoms with Gasteiger partial charge in [0.25, 0.3) is 0 Å². The number of rotatable bonds is 3. The highest BCUT2D eigenvalue weighted by Crippen LogP contribution is 2.39. The van der Waals surface area contributed by atoms with E-state index < -0.39 is 0 Å². The Morgan fingerprint density at radius 3 is 2.86 bits per heavy atom. The van der Waals surface area contributed by atoms with Gasteiger partial charge in [0.2, 0.25) is 0 Å². The number of hydrogen-bond donors (Lipinski definition) is 1. The predicted octanol–water partition coefficient (Wildman–Crippen LogP) is 5.27. The minimum absolute atomic E-state index is 0.384. The summed E-state index contributed by atoms with van der Waals surface area (Å²) >= 11 is 7.92. The van der Waals surface area contributed by atoms with Crippen molar-refractivity contribution in [3.8, 4) is 0 Å². The number of hydrogen-bond acceptors (Lipinski definition) is 3. The van der Waals surface area contributed by atoms with E-state index in [2.05, 4.69) is 55.5 Å². The van der Waals surface area contributed by atoms with Gasteiger partial charge in [-0.25, -0.2) is 0 Å². The summed E-state index contributed by atoms with van der Waals surface area (Å²) in [6, 6.07) is 9.11. The first-order valence-electron chi connectivity index (χ1n) is 7.37. The molecule has 1 atom stereocenters. The molecule has 1 N–H and O–H groups in total. The summed E-state index contributed by atoms with van der Waals surface area (Å²) < 4.78 is 0.909. The quantitative estimate of drug-likeness (QED) is 0.829. The topological polar surface area (TPSA) is 15.3 Å². The van der Waals surface area contributed by atoms with Crippen LogP contribution in [0.3, 0.4) is 0 Å². The van der Waals surface area contributed by atoms with Gasteiger partial charge in [-0.1, -0.05) is 17.7 Å². The van der Waals surface area contributed by atoms with Crippen LogP contribution in [-0.2, 0) is 6.42 Å². The minimum atomic E-state index is 0.384. The van der Waals surface area contributed by atoms with E-state index in [0.29, 0.717) is 6.04 Å². The van der Waals surface area contributed by atoms with Crippen LogP contribution < -0.4 is 10.2 Å². The van der Waals surface area contributed by atoms with E-state index in [4.69, 9.17) is 11.6 Å². The minimum Gasteiger partial charge on any atom is -0.378 e. The van der Waals surface area contributed by atoms with Crippen molar-refractivity contribution in [1.82, 2.24) is 0 Å². The Balaban J connectivity index is 1.86. The van der Waals surface area contributed by atoms with Crippen LogP contribution in [0, 0.1) is 6.92 Å². The van der Waals surface area contributed by atoms with Crippen molar-refractivity contribution >= 4 is 34.3 Å². The molecule has 1 aliphatic carbocycles. The van der Waals surface area contributed by atoms with E-state index in [0.717, 1.165) is 4.34 Å². The summed E-state index contributed by atoms with van der Waals surface area (Å²) in [5, 5.41) is 3.69. The zero-order valence-corrected chi connectivity index (χ0v) is 14.3. The predicted molar refractivity (Wildman–Crippen MR) is 94.1 cm³/mol. The van der Waals surface area contributed by atoms with Crippen molar-refractivity contribution in [1.29, 1.82) is 0 Å². The molecule has 1 heterocycles. The van der Waals surface area contributed by atoms with Crippen LogP contribution in [0.25, 0.3) is 0 Å². The van der Waals surface area contributed by atoms with Crippen LogP contribution in [0.15, 0.2) is 24.3 Å². The molecule has 0 bridgehead atoms. The molecule has 0 radical (unpaired) electrons. The molecule has 0 fully saturated rings. The lowest BCUT2D eigenvalue weighted by atomic mass is 9.94. The van der Waals surface area contributed by atoms with Gasteiger partial charge in [0, 0.05) is 30.3 Å². The highest BCUT2D eigenvalue weighted by atomic mass is 35.5. The summed E-state index contributed by atoms with van der Waals surface area (Å²) in [4.78, 5) is 3.61. The Morgan fingerprint density at radius 2 is 2.10 bits per heavy atom. The normalized spacial score (nSPS) is 17.4. The second-order valence-electron chi connectivity index (χ2n) is 5.91. The van der Waals surface area contributed by atoms with E-state index in [9.17, 15) is 0 Å². The van der Waals surface area contributed by atoms with Gasteiger partial charge in [0.05, 0.1) is 10.4 Å². The number of thiophene rings is 1. The number of halogens is 1. The number of benzene rings is 1. The maximum Gasteiger partial charge on any atom is 0.0934 e. The van der Waals surface area contributed by atoms with Gasteiger partial charge in [-0.2, -0.15) is 0 Å². The number of fused-ring (bicyclic) bond motifs is 1. The van der Waals surface area contributed by atoms with Gasteiger partial charge in [-0.3, -0.25) is 0 Å². The molecule has 1 aliphatic rings. The SMILES string of the molecule is Cc1ccc(NC2CCCc3sc(Cl)cc32)cc1N(C)C. The Morgan fingerprint density at radius 1 is 1.29 bits per heavy atom. The molecular formula is C17H21ClN2S. The molecule has 2 nitrogen and oxygen atoms in total. The highest BCUT2D eigenvalue weighted by Gasteiger charge is 2.22. The molecule has 4 heteroatoms. The number of nitrogens with zero attached hydrogens (tertiary/aromatic N) is 1. The molecule has 0 aliphatic heterocycles. The first-order chi connectivity index (χ1) is 10.0. The standard InChI is InChI=1S/C17H21ClN2S/c1-11-7-8-12(9-15(11)20(2)3)19-14-5-4-6-16-13(14)10-17(18)21-16/h7-10,14,19H,4-6H2,1-3H3. The number of nitrogens with one attached hydrogen (secondary N) is 1. The summed E-state index contributed by atoms with van der Waals surface area (Å²) in [5.74, 6) is 0. The second kappa shape index (κ2) is 5.90. The van der Waals surface area contributed by atoms with Crippen LogP contribution in [0.4, 0.5) is 11.4 Å². The maximum atomic E-state index is 6.19. The average Bonchev–Trinajstić information content (AvgIpc) is 2.82. The van der Waals surface area contributed by atoms with Crippen LogP contribution in [-0.4, -0.2) is 14.1 Å². The first-order valence-corrected chi connectivity index (χ1v) is 8.56. The van der Waals surface area contributed by atoms with Crippen LogP contribution in [0.5, 0.6) is 0 Å². The average molecular weight is 321 g/mol. The fourth-order valence-corrected chi connectivity index (χ4v) is 4.44. The van der Waals surface area contributed by atoms with Crippen molar-refractivity contribution in [3.63, 3.8) is 0 Å². The maximum absolute atomic E-state index is 6.19. The Labute approximate surface area is 135 Å². The molecule has 0 saturated carbocycles. The summed E-state index contributed by atoms with van der Waals surface area (Å²) in [7, 11) is 4.17. The van der Waals surface area contributed by atoms with Crippen molar-refractivity contribution < 1.29 is 0 Å². The summed E-state index contributed by atoms with van der Waals surface area (Å²) in [6.07, 6.45) is 3.57. The fraction of sp³-hybridized carbons (Fsp3) is 0.412. The van der Waals surface area contributed by atoms with Crippen LogP contribution >= 0.6 is 22.9 Å². The lowest BCUT2D eigenvalue weighted by Gasteiger charge is -2.26. The largest absolute Gasteiger partial charge is 0.378 e. The monoisotopic (exact) mass is 320 g/mol. The molecule has 1 aromatic heterocycles. The smallest absolute Gasteiger partial charge is 0.0934 e. The number of anilines is 2. The third-order valence-corrected chi connectivity index (χ3v) is 5.46. The van der Waals surface area contributed by atoms with E-state index in [-0.39, 0.29) is 0 Å². The summed E-state index contributed by atoms with van der Waals surface area (Å²) in [6.45, 7) is 2.15. The van der Waals surface area contributed by atoms with Crippen molar-refractivity contribution in [3.05, 3.63) is 44.6 Å².